The van der Waals surface area contributed by atoms with Crippen LogP contribution in [0.4, 0.5) is 0 Å². The third-order valence-corrected chi connectivity index (χ3v) is 10.2. The highest BCUT2D eigenvalue weighted by Gasteiger charge is 2.12. The van der Waals surface area contributed by atoms with Gasteiger partial charge in [-0.25, -0.2) is 0 Å². The first-order valence-corrected chi connectivity index (χ1v) is 13.7. The first-order chi connectivity index (χ1) is 13.7. The lowest BCUT2D eigenvalue weighted by molar-refractivity contribution is 1.64. The second-order valence-electron chi connectivity index (χ2n) is 7.14. The fourth-order valence-electron chi connectivity index (χ4n) is 3.53. The lowest BCUT2D eigenvalue weighted by atomic mass is 10.1. The normalized spacial score (nSPS) is 11.1. The van der Waals surface area contributed by atoms with Gasteiger partial charge in [0.25, 0.3) is 0 Å². The van der Waals surface area contributed by atoms with Crippen LogP contribution in [-0.4, -0.2) is 17.6 Å². The SMILES string of the molecule is C[Si](c1ccccc1)c1ccc(-c2ccc([Si](C)c3ccccc3)cc2)cc1. The van der Waals surface area contributed by atoms with Gasteiger partial charge in [-0.1, -0.05) is 143 Å². The molecule has 0 saturated heterocycles. The molecule has 0 atom stereocenters. The van der Waals surface area contributed by atoms with Gasteiger partial charge in [-0.05, 0) is 11.1 Å². The summed E-state index contributed by atoms with van der Waals surface area (Å²) in [6, 6.07) is 40.1. The van der Waals surface area contributed by atoms with Gasteiger partial charge in [-0.15, -0.1) is 0 Å². The molecule has 0 unspecified atom stereocenters. The van der Waals surface area contributed by atoms with Crippen LogP contribution in [0.25, 0.3) is 11.1 Å². The summed E-state index contributed by atoms with van der Waals surface area (Å²) >= 11 is 0. The Morgan fingerprint density at radius 1 is 0.357 bits per heavy atom. The number of rotatable bonds is 5. The van der Waals surface area contributed by atoms with E-state index in [1.165, 1.54) is 31.9 Å². The lowest BCUT2D eigenvalue weighted by Gasteiger charge is -2.13. The van der Waals surface area contributed by atoms with E-state index >= 15 is 0 Å². The van der Waals surface area contributed by atoms with Crippen molar-refractivity contribution in [1.29, 1.82) is 0 Å². The molecule has 2 radical (unpaired) electrons. The number of hydrogen-bond donors (Lipinski definition) is 0. The minimum Gasteiger partial charge on any atom is -0.0628 e. The first-order valence-electron chi connectivity index (χ1n) is 9.71. The molecule has 0 fully saturated rings. The van der Waals surface area contributed by atoms with Crippen LogP contribution in [0.15, 0.2) is 109 Å². The Bertz CT molecular complexity index is 920. The smallest absolute Gasteiger partial charge is 0.0628 e. The van der Waals surface area contributed by atoms with E-state index in [0.29, 0.717) is 0 Å². The maximum atomic E-state index is 2.37. The molecule has 0 aliphatic rings. The molecule has 0 aliphatic carbocycles. The van der Waals surface area contributed by atoms with Crippen LogP contribution in [-0.2, 0) is 0 Å². The van der Waals surface area contributed by atoms with Crippen molar-refractivity contribution < 1.29 is 0 Å². The predicted molar refractivity (Wildman–Crippen MR) is 127 cm³/mol. The highest BCUT2D eigenvalue weighted by molar-refractivity contribution is 6.84. The quantitative estimate of drug-likeness (QED) is 0.453. The summed E-state index contributed by atoms with van der Waals surface area (Å²) in [7, 11) is -1.37. The topological polar surface area (TPSA) is 0 Å². The summed E-state index contributed by atoms with van der Waals surface area (Å²) < 4.78 is 0. The molecule has 0 N–H and O–H groups in total. The first kappa shape index (κ1) is 18.7. The molecule has 0 spiro atoms. The summed E-state index contributed by atoms with van der Waals surface area (Å²) in [5, 5.41) is 5.84. The summed E-state index contributed by atoms with van der Waals surface area (Å²) in [6.07, 6.45) is 0. The third kappa shape index (κ3) is 4.08. The molecular weight excluding hydrogens is 368 g/mol. The van der Waals surface area contributed by atoms with E-state index in [2.05, 4.69) is 122 Å². The van der Waals surface area contributed by atoms with Crippen molar-refractivity contribution in [2.45, 2.75) is 13.1 Å². The zero-order chi connectivity index (χ0) is 19.3. The maximum absolute atomic E-state index is 2.37. The van der Waals surface area contributed by atoms with E-state index < -0.39 is 17.6 Å². The molecule has 2 heteroatoms. The summed E-state index contributed by atoms with van der Waals surface area (Å²) in [5.74, 6) is 0. The molecule has 0 aliphatic heterocycles. The molecule has 0 heterocycles. The molecule has 28 heavy (non-hydrogen) atoms. The largest absolute Gasteiger partial charge is 0.118 e. The molecular formula is C26H24Si2. The maximum Gasteiger partial charge on any atom is 0.118 e. The van der Waals surface area contributed by atoms with Crippen molar-refractivity contribution in [1.82, 2.24) is 0 Å². The Kier molecular flexibility index (Phi) is 5.70. The Morgan fingerprint density at radius 3 is 0.964 bits per heavy atom. The van der Waals surface area contributed by atoms with Crippen LogP contribution in [0, 0.1) is 0 Å². The van der Waals surface area contributed by atoms with Crippen LogP contribution >= 0.6 is 0 Å². The van der Waals surface area contributed by atoms with Gasteiger partial charge in [0.2, 0.25) is 0 Å². The predicted octanol–water partition coefficient (Wildman–Crippen LogP) is 3.83. The van der Waals surface area contributed by atoms with E-state index in [0.717, 1.165) is 0 Å². The summed E-state index contributed by atoms with van der Waals surface area (Å²) in [5.41, 5.74) is 2.59. The molecule has 136 valence electrons. The molecule has 0 aromatic heterocycles. The average Bonchev–Trinajstić information content (AvgIpc) is 2.79. The highest BCUT2D eigenvalue weighted by Crippen LogP contribution is 2.17. The van der Waals surface area contributed by atoms with Crippen LogP contribution in [0.5, 0.6) is 0 Å². The third-order valence-electron chi connectivity index (χ3n) is 5.38. The minimum atomic E-state index is -0.687. The van der Waals surface area contributed by atoms with Crippen molar-refractivity contribution in [3.63, 3.8) is 0 Å². The average molecular weight is 393 g/mol. The van der Waals surface area contributed by atoms with Gasteiger partial charge in [0, 0.05) is 0 Å². The molecule has 0 nitrogen and oxygen atoms in total. The van der Waals surface area contributed by atoms with E-state index in [4.69, 9.17) is 0 Å². The van der Waals surface area contributed by atoms with E-state index in [9.17, 15) is 0 Å². The van der Waals surface area contributed by atoms with Gasteiger partial charge in [0.1, 0.15) is 17.6 Å². The standard InChI is InChI=1S/C26H24Si2/c1-27(23-9-5-3-6-10-23)25-17-13-21(14-18-25)22-15-19-26(20-16-22)28(2)24-11-7-4-8-12-24/h3-20H,1-2H3. The van der Waals surface area contributed by atoms with Gasteiger partial charge in [0.05, 0.1) is 0 Å². The Balaban J connectivity index is 1.52. The number of hydrogen-bond acceptors (Lipinski definition) is 0. The van der Waals surface area contributed by atoms with Crippen molar-refractivity contribution in [3.05, 3.63) is 109 Å². The van der Waals surface area contributed by atoms with E-state index in [-0.39, 0.29) is 0 Å². The molecule has 0 bridgehead atoms. The second-order valence-corrected chi connectivity index (χ2v) is 11.9. The van der Waals surface area contributed by atoms with Crippen molar-refractivity contribution in [2.75, 3.05) is 0 Å². The zero-order valence-electron chi connectivity index (χ0n) is 16.4. The molecule has 4 aromatic carbocycles. The fourth-order valence-corrected chi connectivity index (χ4v) is 6.92. The van der Waals surface area contributed by atoms with Crippen molar-refractivity contribution >= 4 is 38.3 Å². The monoisotopic (exact) mass is 392 g/mol. The van der Waals surface area contributed by atoms with Crippen LogP contribution < -0.4 is 20.7 Å². The summed E-state index contributed by atoms with van der Waals surface area (Å²) in [6.45, 7) is 4.75. The van der Waals surface area contributed by atoms with Gasteiger partial charge in [-0.2, -0.15) is 0 Å². The summed E-state index contributed by atoms with van der Waals surface area (Å²) in [4.78, 5) is 0. The zero-order valence-corrected chi connectivity index (χ0v) is 18.4. The van der Waals surface area contributed by atoms with Gasteiger partial charge >= 0.3 is 0 Å². The van der Waals surface area contributed by atoms with Gasteiger partial charge in [0.15, 0.2) is 0 Å². The highest BCUT2D eigenvalue weighted by atomic mass is 28.3. The molecule has 4 rings (SSSR count). The molecule has 4 aromatic rings. The second kappa shape index (κ2) is 8.55. The van der Waals surface area contributed by atoms with Crippen LogP contribution in [0.2, 0.25) is 13.1 Å². The van der Waals surface area contributed by atoms with Crippen LogP contribution in [0.1, 0.15) is 0 Å². The Hall–Kier alpha value is -2.69. The number of benzene rings is 4. The van der Waals surface area contributed by atoms with Crippen molar-refractivity contribution in [3.8, 4) is 11.1 Å². The molecule has 0 amide bonds. The lowest BCUT2D eigenvalue weighted by Crippen LogP contribution is -2.39. The Morgan fingerprint density at radius 2 is 0.643 bits per heavy atom. The molecule has 0 saturated carbocycles. The minimum absolute atomic E-state index is 0.687. The van der Waals surface area contributed by atoms with Gasteiger partial charge < -0.3 is 0 Å². The fraction of sp³-hybridized carbons (Fsp3) is 0.0769. The Labute approximate surface area is 171 Å². The van der Waals surface area contributed by atoms with E-state index in [1.807, 2.05) is 0 Å². The van der Waals surface area contributed by atoms with Gasteiger partial charge in [-0.3, -0.25) is 0 Å². The van der Waals surface area contributed by atoms with E-state index in [1.54, 1.807) is 0 Å². The van der Waals surface area contributed by atoms with Crippen LogP contribution in [0.3, 0.4) is 0 Å². The van der Waals surface area contributed by atoms with Crippen molar-refractivity contribution in [2.24, 2.45) is 0 Å².